The number of rotatable bonds is 3. The first-order valence-corrected chi connectivity index (χ1v) is 6.48. The zero-order valence-electron chi connectivity index (χ0n) is 11.4. The van der Waals surface area contributed by atoms with Crippen LogP contribution in [0.25, 0.3) is 0 Å². The first-order chi connectivity index (χ1) is 9.68. The van der Waals surface area contributed by atoms with Gasteiger partial charge in [0, 0.05) is 20.2 Å². The SMILES string of the molecule is Cc1nnc(Sc2nc(N(C)C)cc(C(F)(F)F)n2)n1N. The third kappa shape index (κ3) is 3.35. The average Bonchev–Trinajstić information content (AvgIpc) is 2.69. The Labute approximate surface area is 122 Å². The van der Waals surface area contributed by atoms with Crippen LogP contribution < -0.4 is 10.7 Å². The van der Waals surface area contributed by atoms with Crippen molar-refractivity contribution in [1.29, 1.82) is 0 Å². The summed E-state index contributed by atoms with van der Waals surface area (Å²) < 4.78 is 39.7. The number of nitrogen functional groups attached to an aromatic ring is 1. The van der Waals surface area contributed by atoms with Gasteiger partial charge in [0.25, 0.3) is 0 Å². The van der Waals surface area contributed by atoms with Crippen molar-refractivity contribution in [3.8, 4) is 0 Å². The number of halogens is 3. The lowest BCUT2D eigenvalue weighted by Crippen LogP contribution is -2.16. The second-order valence-corrected chi connectivity index (χ2v) is 5.22. The van der Waals surface area contributed by atoms with E-state index < -0.39 is 11.9 Å². The van der Waals surface area contributed by atoms with E-state index in [-0.39, 0.29) is 16.1 Å². The molecule has 11 heteroatoms. The normalized spacial score (nSPS) is 11.7. The molecular formula is C10H12F3N7S. The summed E-state index contributed by atoms with van der Waals surface area (Å²) in [6.07, 6.45) is -4.56. The Morgan fingerprint density at radius 1 is 1.24 bits per heavy atom. The van der Waals surface area contributed by atoms with Crippen molar-refractivity contribution in [3.05, 3.63) is 17.6 Å². The molecule has 2 N–H and O–H groups in total. The summed E-state index contributed by atoms with van der Waals surface area (Å²) in [7, 11) is 3.18. The van der Waals surface area contributed by atoms with Crippen molar-refractivity contribution in [2.45, 2.75) is 23.4 Å². The Bertz CT molecular complexity index is 653. The number of nitrogens with zero attached hydrogens (tertiary/aromatic N) is 6. The molecule has 7 nitrogen and oxygen atoms in total. The molecule has 0 unspecified atom stereocenters. The average molecular weight is 319 g/mol. The highest BCUT2D eigenvalue weighted by Crippen LogP contribution is 2.32. The van der Waals surface area contributed by atoms with E-state index in [4.69, 9.17) is 5.84 Å². The molecule has 0 aromatic carbocycles. The van der Waals surface area contributed by atoms with E-state index in [2.05, 4.69) is 20.2 Å². The van der Waals surface area contributed by atoms with E-state index >= 15 is 0 Å². The second-order valence-electron chi connectivity index (χ2n) is 4.29. The Morgan fingerprint density at radius 3 is 2.38 bits per heavy atom. The fraction of sp³-hybridized carbons (Fsp3) is 0.400. The van der Waals surface area contributed by atoms with Crippen LogP contribution in [0.2, 0.25) is 0 Å². The van der Waals surface area contributed by atoms with Gasteiger partial charge in [0.05, 0.1) is 0 Å². The molecule has 0 amide bonds. The van der Waals surface area contributed by atoms with Crippen molar-refractivity contribution in [3.63, 3.8) is 0 Å². The van der Waals surface area contributed by atoms with Crippen molar-refractivity contribution >= 4 is 17.6 Å². The van der Waals surface area contributed by atoms with Gasteiger partial charge in [0.15, 0.2) is 10.9 Å². The van der Waals surface area contributed by atoms with Crippen LogP contribution in [0.4, 0.5) is 19.0 Å². The fourth-order valence-corrected chi connectivity index (χ4v) is 2.09. The minimum Gasteiger partial charge on any atom is -0.363 e. The van der Waals surface area contributed by atoms with Gasteiger partial charge in [-0.25, -0.2) is 14.6 Å². The van der Waals surface area contributed by atoms with Crippen LogP contribution in [-0.2, 0) is 6.18 Å². The van der Waals surface area contributed by atoms with Crippen LogP contribution in [0.3, 0.4) is 0 Å². The monoisotopic (exact) mass is 319 g/mol. The van der Waals surface area contributed by atoms with E-state index in [1.54, 1.807) is 21.0 Å². The van der Waals surface area contributed by atoms with E-state index in [0.717, 1.165) is 22.5 Å². The zero-order chi connectivity index (χ0) is 15.8. The molecule has 0 saturated carbocycles. The molecule has 0 fully saturated rings. The number of alkyl halides is 3. The van der Waals surface area contributed by atoms with Gasteiger partial charge in [-0.1, -0.05) is 0 Å². The summed E-state index contributed by atoms with van der Waals surface area (Å²) in [6, 6.07) is 0.877. The van der Waals surface area contributed by atoms with Crippen molar-refractivity contribution < 1.29 is 13.2 Å². The van der Waals surface area contributed by atoms with Gasteiger partial charge in [-0.3, -0.25) is 0 Å². The lowest BCUT2D eigenvalue weighted by Gasteiger charge is -2.14. The van der Waals surface area contributed by atoms with Gasteiger partial charge in [-0.05, 0) is 18.7 Å². The molecule has 114 valence electrons. The van der Waals surface area contributed by atoms with E-state index in [1.165, 1.54) is 4.90 Å². The highest BCUT2D eigenvalue weighted by molar-refractivity contribution is 7.99. The van der Waals surface area contributed by atoms with Crippen LogP contribution in [0.15, 0.2) is 16.4 Å². The molecule has 0 aliphatic heterocycles. The highest BCUT2D eigenvalue weighted by Gasteiger charge is 2.34. The molecule has 2 aromatic rings. The minimum atomic E-state index is -4.56. The quantitative estimate of drug-likeness (QED) is 0.674. The Kier molecular flexibility index (Phi) is 3.94. The molecule has 0 spiro atoms. The number of aryl methyl sites for hydroxylation is 1. The summed E-state index contributed by atoms with van der Waals surface area (Å²) in [5.41, 5.74) is -1.02. The van der Waals surface area contributed by atoms with Gasteiger partial charge in [-0.15, -0.1) is 10.2 Å². The lowest BCUT2D eigenvalue weighted by atomic mass is 10.4. The smallest absolute Gasteiger partial charge is 0.363 e. The van der Waals surface area contributed by atoms with Gasteiger partial charge in [0.2, 0.25) is 5.16 Å². The number of aromatic nitrogens is 5. The van der Waals surface area contributed by atoms with Crippen LogP contribution in [-0.4, -0.2) is 38.9 Å². The molecule has 0 aliphatic rings. The van der Waals surface area contributed by atoms with E-state index in [9.17, 15) is 13.2 Å². The number of anilines is 1. The van der Waals surface area contributed by atoms with Crippen molar-refractivity contribution in [2.75, 3.05) is 24.8 Å². The van der Waals surface area contributed by atoms with Crippen molar-refractivity contribution in [2.24, 2.45) is 0 Å². The lowest BCUT2D eigenvalue weighted by molar-refractivity contribution is -0.141. The highest BCUT2D eigenvalue weighted by atomic mass is 32.2. The molecule has 21 heavy (non-hydrogen) atoms. The molecule has 0 aliphatic carbocycles. The fourth-order valence-electron chi connectivity index (χ4n) is 1.33. The standard InChI is InChI=1S/C10H12F3N7S/c1-5-17-18-9(20(5)14)21-8-15-6(10(11,12)13)4-7(16-8)19(2)3/h4H,14H2,1-3H3. The summed E-state index contributed by atoms with van der Waals surface area (Å²) in [5, 5.41) is 7.57. The maximum atomic E-state index is 12.9. The first-order valence-electron chi connectivity index (χ1n) is 5.67. The Balaban J connectivity index is 2.43. The predicted molar refractivity (Wildman–Crippen MR) is 70.4 cm³/mol. The topological polar surface area (TPSA) is 85.8 Å². The maximum Gasteiger partial charge on any atom is 0.433 e. The van der Waals surface area contributed by atoms with E-state index in [0.29, 0.717) is 5.82 Å². The molecular weight excluding hydrogens is 307 g/mol. The molecule has 0 radical (unpaired) electrons. The van der Waals surface area contributed by atoms with Gasteiger partial charge in [0.1, 0.15) is 11.6 Å². The number of hydrogen-bond donors (Lipinski definition) is 1. The minimum absolute atomic E-state index is 0.104. The summed E-state index contributed by atoms with van der Waals surface area (Å²) in [5.74, 6) is 6.22. The molecule has 0 saturated heterocycles. The molecule has 0 atom stereocenters. The van der Waals surface area contributed by atoms with E-state index in [1.807, 2.05) is 0 Å². The number of hydrogen-bond acceptors (Lipinski definition) is 7. The van der Waals surface area contributed by atoms with Crippen LogP contribution in [0.5, 0.6) is 0 Å². The van der Waals surface area contributed by atoms with Gasteiger partial charge in [-0.2, -0.15) is 13.2 Å². The summed E-state index contributed by atoms with van der Waals surface area (Å²) in [6.45, 7) is 1.62. The Morgan fingerprint density at radius 2 is 1.90 bits per heavy atom. The summed E-state index contributed by atoms with van der Waals surface area (Å²) >= 11 is 0.812. The van der Waals surface area contributed by atoms with Gasteiger partial charge < -0.3 is 10.7 Å². The number of nitrogens with two attached hydrogens (primary N) is 1. The predicted octanol–water partition coefficient (Wildman–Crippen LogP) is 1.33. The second kappa shape index (κ2) is 5.39. The molecule has 0 bridgehead atoms. The summed E-state index contributed by atoms with van der Waals surface area (Å²) in [4.78, 5) is 8.99. The molecule has 2 rings (SSSR count). The zero-order valence-corrected chi connectivity index (χ0v) is 12.2. The molecule has 2 heterocycles. The van der Waals surface area contributed by atoms with Gasteiger partial charge >= 0.3 is 6.18 Å². The third-order valence-corrected chi connectivity index (χ3v) is 3.28. The van der Waals surface area contributed by atoms with Crippen molar-refractivity contribution in [1.82, 2.24) is 24.8 Å². The van der Waals surface area contributed by atoms with Crippen LogP contribution in [0, 0.1) is 6.92 Å². The molecule has 2 aromatic heterocycles. The Hall–Kier alpha value is -2.04. The third-order valence-electron chi connectivity index (χ3n) is 2.46. The van der Waals surface area contributed by atoms with Crippen LogP contribution in [0.1, 0.15) is 11.5 Å². The largest absolute Gasteiger partial charge is 0.433 e. The first kappa shape index (κ1) is 15.4. The maximum absolute atomic E-state index is 12.9. The van der Waals surface area contributed by atoms with Crippen LogP contribution >= 0.6 is 11.8 Å².